The second-order valence-corrected chi connectivity index (χ2v) is 5.33. The van der Waals surface area contributed by atoms with Gasteiger partial charge in [0.2, 0.25) is 5.91 Å². The minimum Gasteiger partial charge on any atom is -0.368 e. The lowest BCUT2D eigenvalue weighted by Crippen LogP contribution is -2.51. The molecule has 0 aromatic heterocycles. The van der Waals surface area contributed by atoms with Crippen molar-refractivity contribution in [3.8, 4) is 0 Å². The second kappa shape index (κ2) is 6.97. The second-order valence-electron chi connectivity index (χ2n) is 5.33. The molecule has 1 rings (SSSR count). The highest BCUT2D eigenvalue weighted by atomic mass is 16.1. The third kappa shape index (κ3) is 4.28. The molecule has 0 radical (unpaired) electrons. The number of nitrogens with one attached hydrogen (secondary N) is 1. The fraction of sp³-hybridized carbons (Fsp3) is 0.923. The maximum atomic E-state index is 11.5. The molecule has 17 heavy (non-hydrogen) atoms. The molecule has 0 bridgehead atoms. The fourth-order valence-electron chi connectivity index (χ4n) is 2.68. The molecule has 4 heteroatoms. The SMILES string of the molecule is CCC(C(N)=O)N(CC1CCCNC1)C(C)C. The van der Waals surface area contributed by atoms with Crippen molar-refractivity contribution in [1.29, 1.82) is 0 Å². The summed E-state index contributed by atoms with van der Waals surface area (Å²) in [5.74, 6) is 0.463. The van der Waals surface area contributed by atoms with Gasteiger partial charge in [0.15, 0.2) is 0 Å². The summed E-state index contributed by atoms with van der Waals surface area (Å²) in [5, 5.41) is 3.42. The smallest absolute Gasteiger partial charge is 0.234 e. The van der Waals surface area contributed by atoms with Crippen molar-refractivity contribution in [2.24, 2.45) is 11.7 Å². The number of primary amides is 1. The molecule has 0 saturated carbocycles. The Kier molecular flexibility index (Phi) is 5.92. The summed E-state index contributed by atoms with van der Waals surface area (Å²) in [4.78, 5) is 13.7. The molecule has 0 aromatic carbocycles. The summed E-state index contributed by atoms with van der Waals surface area (Å²) >= 11 is 0. The Morgan fingerprint density at radius 2 is 2.24 bits per heavy atom. The van der Waals surface area contributed by atoms with Crippen LogP contribution in [0.25, 0.3) is 0 Å². The van der Waals surface area contributed by atoms with Crippen molar-refractivity contribution in [2.45, 2.75) is 52.1 Å². The summed E-state index contributed by atoms with van der Waals surface area (Å²) in [5.41, 5.74) is 5.49. The summed E-state index contributed by atoms with van der Waals surface area (Å²) in [6.45, 7) is 9.49. The van der Waals surface area contributed by atoms with Gasteiger partial charge >= 0.3 is 0 Å². The number of nitrogens with zero attached hydrogens (tertiary/aromatic N) is 1. The van der Waals surface area contributed by atoms with Crippen molar-refractivity contribution in [3.05, 3.63) is 0 Å². The Morgan fingerprint density at radius 1 is 1.53 bits per heavy atom. The summed E-state index contributed by atoms with van der Waals surface area (Å²) in [6.07, 6.45) is 3.29. The van der Waals surface area contributed by atoms with Crippen LogP contribution >= 0.6 is 0 Å². The molecule has 1 heterocycles. The number of nitrogens with two attached hydrogens (primary N) is 1. The van der Waals surface area contributed by atoms with E-state index in [-0.39, 0.29) is 11.9 Å². The van der Waals surface area contributed by atoms with E-state index in [9.17, 15) is 4.79 Å². The zero-order valence-electron chi connectivity index (χ0n) is 11.4. The van der Waals surface area contributed by atoms with Gasteiger partial charge in [0.05, 0.1) is 6.04 Å². The van der Waals surface area contributed by atoms with Gasteiger partial charge in [-0.1, -0.05) is 6.92 Å². The first-order chi connectivity index (χ1) is 8.06. The topological polar surface area (TPSA) is 58.4 Å². The minimum absolute atomic E-state index is 0.114. The van der Waals surface area contributed by atoms with Crippen LogP contribution in [0.5, 0.6) is 0 Å². The number of piperidine rings is 1. The van der Waals surface area contributed by atoms with Gasteiger partial charge in [0.25, 0.3) is 0 Å². The van der Waals surface area contributed by atoms with E-state index in [1.165, 1.54) is 12.8 Å². The fourth-order valence-corrected chi connectivity index (χ4v) is 2.68. The van der Waals surface area contributed by atoms with Crippen molar-refractivity contribution >= 4 is 5.91 Å². The Balaban J connectivity index is 2.60. The monoisotopic (exact) mass is 241 g/mol. The molecule has 3 N–H and O–H groups in total. The largest absolute Gasteiger partial charge is 0.368 e. The molecule has 0 aromatic rings. The quantitative estimate of drug-likeness (QED) is 0.728. The lowest BCUT2D eigenvalue weighted by atomic mass is 9.97. The first kappa shape index (κ1) is 14.5. The lowest BCUT2D eigenvalue weighted by Gasteiger charge is -2.36. The first-order valence-electron chi connectivity index (χ1n) is 6.82. The number of rotatable bonds is 6. The van der Waals surface area contributed by atoms with Gasteiger partial charge in [0.1, 0.15) is 0 Å². The predicted molar refractivity (Wildman–Crippen MR) is 70.7 cm³/mol. The van der Waals surface area contributed by atoms with Crippen LogP contribution < -0.4 is 11.1 Å². The van der Waals surface area contributed by atoms with E-state index in [2.05, 4.69) is 24.1 Å². The minimum atomic E-state index is -0.190. The molecule has 1 amide bonds. The van der Waals surface area contributed by atoms with E-state index >= 15 is 0 Å². The first-order valence-corrected chi connectivity index (χ1v) is 6.82. The van der Waals surface area contributed by atoms with Crippen LogP contribution in [0, 0.1) is 5.92 Å². The molecule has 2 unspecified atom stereocenters. The zero-order valence-corrected chi connectivity index (χ0v) is 11.4. The van der Waals surface area contributed by atoms with E-state index in [0.717, 1.165) is 26.1 Å². The van der Waals surface area contributed by atoms with E-state index in [0.29, 0.717) is 12.0 Å². The maximum absolute atomic E-state index is 11.5. The molecule has 4 nitrogen and oxygen atoms in total. The van der Waals surface area contributed by atoms with Crippen LogP contribution in [0.1, 0.15) is 40.0 Å². The van der Waals surface area contributed by atoms with Gasteiger partial charge in [-0.25, -0.2) is 0 Å². The van der Waals surface area contributed by atoms with E-state index in [4.69, 9.17) is 5.73 Å². The van der Waals surface area contributed by atoms with Gasteiger partial charge < -0.3 is 11.1 Å². The number of hydrogen-bond donors (Lipinski definition) is 2. The van der Waals surface area contributed by atoms with Crippen LogP contribution in [0.2, 0.25) is 0 Å². The molecule has 1 aliphatic rings. The third-order valence-electron chi connectivity index (χ3n) is 3.65. The van der Waals surface area contributed by atoms with Crippen LogP contribution in [-0.2, 0) is 4.79 Å². The summed E-state index contributed by atoms with van der Waals surface area (Å²) < 4.78 is 0. The molecule has 0 spiro atoms. The number of carbonyl (C=O) groups excluding carboxylic acids is 1. The highest BCUT2D eigenvalue weighted by molar-refractivity contribution is 5.79. The van der Waals surface area contributed by atoms with E-state index < -0.39 is 0 Å². The van der Waals surface area contributed by atoms with Crippen LogP contribution in [-0.4, -0.2) is 42.5 Å². The molecule has 100 valence electrons. The number of hydrogen-bond acceptors (Lipinski definition) is 3. The van der Waals surface area contributed by atoms with Gasteiger partial charge in [-0.15, -0.1) is 0 Å². The lowest BCUT2D eigenvalue weighted by molar-refractivity contribution is -0.124. The highest BCUT2D eigenvalue weighted by Crippen LogP contribution is 2.17. The Hall–Kier alpha value is -0.610. The molecule has 0 aliphatic carbocycles. The van der Waals surface area contributed by atoms with Gasteiger partial charge in [-0.3, -0.25) is 9.69 Å². The molecular weight excluding hydrogens is 214 g/mol. The molecule has 1 saturated heterocycles. The van der Waals surface area contributed by atoms with Crippen LogP contribution in [0.3, 0.4) is 0 Å². The van der Waals surface area contributed by atoms with Gasteiger partial charge in [0, 0.05) is 12.6 Å². The third-order valence-corrected chi connectivity index (χ3v) is 3.65. The average molecular weight is 241 g/mol. The van der Waals surface area contributed by atoms with Crippen molar-refractivity contribution in [1.82, 2.24) is 10.2 Å². The highest BCUT2D eigenvalue weighted by Gasteiger charge is 2.27. The van der Waals surface area contributed by atoms with Gasteiger partial charge in [-0.2, -0.15) is 0 Å². The molecule has 2 atom stereocenters. The Labute approximate surface area is 105 Å². The van der Waals surface area contributed by atoms with Crippen LogP contribution in [0.15, 0.2) is 0 Å². The average Bonchev–Trinajstić information content (AvgIpc) is 2.29. The number of carbonyl (C=O) groups is 1. The van der Waals surface area contributed by atoms with Crippen LogP contribution in [0.4, 0.5) is 0 Å². The van der Waals surface area contributed by atoms with E-state index in [1.54, 1.807) is 0 Å². The maximum Gasteiger partial charge on any atom is 0.234 e. The zero-order chi connectivity index (χ0) is 12.8. The summed E-state index contributed by atoms with van der Waals surface area (Å²) in [7, 11) is 0. The molecule has 1 aliphatic heterocycles. The molecule has 1 fully saturated rings. The van der Waals surface area contributed by atoms with Crippen molar-refractivity contribution in [2.75, 3.05) is 19.6 Å². The number of amides is 1. The molecular formula is C13H27N3O. The van der Waals surface area contributed by atoms with Gasteiger partial charge in [-0.05, 0) is 52.1 Å². The Bertz CT molecular complexity index is 237. The standard InChI is InChI=1S/C13H27N3O/c1-4-12(13(14)17)16(10(2)3)9-11-6-5-7-15-8-11/h10-12,15H,4-9H2,1-3H3,(H2,14,17). The van der Waals surface area contributed by atoms with Crippen molar-refractivity contribution in [3.63, 3.8) is 0 Å². The predicted octanol–water partition coefficient (Wildman–Crippen LogP) is 0.960. The summed E-state index contributed by atoms with van der Waals surface area (Å²) in [6, 6.07) is 0.256. The Morgan fingerprint density at radius 3 is 2.65 bits per heavy atom. The normalized spacial score (nSPS) is 23.0. The van der Waals surface area contributed by atoms with E-state index in [1.807, 2.05) is 6.92 Å². The van der Waals surface area contributed by atoms with Crippen molar-refractivity contribution < 1.29 is 4.79 Å².